The van der Waals surface area contributed by atoms with E-state index in [1.54, 1.807) is 5.51 Å². The van der Waals surface area contributed by atoms with E-state index in [4.69, 9.17) is 0 Å². The summed E-state index contributed by atoms with van der Waals surface area (Å²) in [5.74, 6) is 0. The normalized spacial score (nSPS) is 10.4. The summed E-state index contributed by atoms with van der Waals surface area (Å²) in [7, 11) is 0. The van der Waals surface area contributed by atoms with Crippen molar-refractivity contribution in [3.63, 3.8) is 0 Å². The number of rotatable bonds is 1. The highest BCUT2D eigenvalue weighted by molar-refractivity contribution is 7.07. The quantitative estimate of drug-likeness (QED) is 0.771. The van der Waals surface area contributed by atoms with Crippen molar-refractivity contribution in [3.8, 4) is 11.4 Å². The van der Waals surface area contributed by atoms with Gasteiger partial charge in [0.15, 0.2) is 5.69 Å². The van der Waals surface area contributed by atoms with Gasteiger partial charge in [0.1, 0.15) is 5.69 Å². The molecule has 72 valence electrons. The van der Waals surface area contributed by atoms with Gasteiger partial charge in [0.2, 0.25) is 0 Å². The minimum absolute atomic E-state index is 0.181. The molecule has 0 bridgehead atoms. The summed E-state index contributed by atoms with van der Waals surface area (Å²) >= 11 is 1.45. The van der Waals surface area contributed by atoms with Crippen LogP contribution in [0.5, 0.6) is 0 Å². The molecule has 0 aromatic carbocycles. The van der Waals surface area contributed by atoms with Gasteiger partial charge in [-0.2, -0.15) is 0 Å². The van der Waals surface area contributed by atoms with E-state index in [0.29, 0.717) is 11.4 Å². The summed E-state index contributed by atoms with van der Waals surface area (Å²) in [4.78, 5) is 22.5. The Morgan fingerprint density at radius 1 is 1.43 bits per heavy atom. The van der Waals surface area contributed by atoms with Crippen molar-refractivity contribution >= 4 is 11.3 Å². The number of aromatic nitrogens is 3. The van der Waals surface area contributed by atoms with Crippen molar-refractivity contribution in [3.05, 3.63) is 32.6 Å². The van der Waals surface area contributed by atoms with Gasteiger partial charge >= 0.3 is 0 Å². The Hall–Kier alpha value is -1.49. The van der Waals surface area contributed by atoms with Crippen LogP contribution in [-0.2, 0) is 0 Å². The summed E-state index contributed by atoms with van der Waals surface area (Å²) in [6.07, 6.45) is 0. The van der Waals surface area contributed by atoms with Crippen LogP contribution >= 0.6 is 11.3 Å². The van der Waals surface area contributed by atoms with Crippen LogP contribution in [0.25, 0.3) is 11.4 Å². The fourth-order valence-electron chi connectivity index (χ4n) is 1.13. The van der Waals surface area contributed by atoms with E-state index in [1.165, 1.54) is 11.3 Å². The van der Waals surface area contributed by atoms with Crippen LogP contribution < -0.4 is 5.56 Å². The summed E-state index contributed by atoms with van der Waals surface area (Å²) in [5, 5.41) is 1.81. The minimum atomic E-state index is -0.181. The van der Waals surface area contributed by atoms with E-state index < -0.39 is 0 Å². The number of thiazole rings is 1. The molecule has 2 aromatic rings. The molecule has 2 rings (SSSR count). The molecular weight excluding hydrogens is 198 g/mol. The highest BCUT2D eigenvalue weighted by Crippen LogP contribution is 2.13. The first kappa shape index (κ1) is 9.08. The second-order valence-electron chi connectivity index (χ2n) is 3.00. The number of hydrogen-bond acceptors (Lipinski definition) is 4. The maximum absolute atomic E-state index is 11.5. The number of nitrogens with one attached hydrogen (secondary N) is 1. The van der Waals surface area contributed by atoms with Crippen LogP contribution in [0.3, 0.4) is 0 Å². The van der Waals surface area contributed by atoms with E-state index in [1.807, 2.05) is 19.2 Å². The lowest BCUT2D eigenvalue weighted by atomic mass is 10.3. The van der Waals surface area contributed by atoms with Gasteiger partial charge in [0, 0.05) is 11.1 Å². The highest BCUT2D eigenvalue weighted by Gasteiger charge is 2.08. The van der Waals surface area contributed by atoms with Crippen molar-refractivity contribution in [2.45, 2.75) is 13.8 Å². The fraction of sp³-hybridized carbons (Fsp3) is 0.222. The van der Waals surface area contributed by atoms with Gasteiger partial charge < -0.3 is 4.98 Å². The van der Waals surface area contributed by atoms with Gasteiger partial charge in [0.25, 0.3) is 5.56 Å². The smallest absolute Gasteiger partial charge is 0.276 e. The van der Waals surface area contributed by atoms with Crippen LogP contribution in [-0.4, -0.2) is 15.0 Å². The predicted octanol–water partition coefficient (Wildman–Crippen LogP) is 1.51. The third-order valence-corrected chi connectivity index (χ3v) is 2.60. The first-order valence-corrected chi connectivity index (χ1v) is 5.09. The first-order valence-electron chi connectivity index (χ1n) is 4.14. The van der Waals surface area contributed by atoms with E-state index in [-0.39, 0.29) is 5.56 Å². The van der Waals surface area contributed by atoms with Crippen molar-refractivity contribution in [2.24, 2.45) is 0 Å². The Kier molecular flexibility index (Phi) is 2.17. The Labute approximate surface area is 84.7 Å². The SMILES string of the molecule is Cc1nc(-c2cscn2)c(=O)[nH]c1C. The number of aromatic amines is 1. The molecule has 0 amide bonds. The Morgan fingerprint density at radius 3 is 2.86 bits per heavy atom. The molecule has 0 atom stereocenters. The molecule has 0 saturated heterocycles. The largest absolute Gasteiger partial charge is 0.323 e. The van der Waals surface area contributed by atoms with E-state index >= 15 is 0 Å². The molecule has 0 radical (unpaired) electrons. The fourth-order valence-corrected chi connectivity index (χ4v) is 1.66. The van der Waals surface area contributed by atoms with E-state index in [9.17, 15) is 4.79 Å². The molecule has 0 aliphatic carbocycles. The highest BCUT2D eigenvalue weighted by atomic mass is 32.1. The molecule has 0 fully saturated rings. The van der Waals surface area contributed by atoms with Crippen LogP contribution in [0.15, 0.2) is 15.7 Å². The lowest BCUT2D eigenvalue weighted by molar-refractivity contribution is 1.01. The molecule has 0 saturated carbocycles. The van der Waals surface area contributed by atoms with Crippen LogP contribution in [0.4, 0.5) is 0 Å². The average Bonchev–Trinajstić information content (AvgIpc) is 2.64. The molecule has 0 spiro atoms. The predicted molar refractivity (Wildman–Crippen MR) is 55.4 cm³/mol. The maximum atomic E-state index is 11.5. The third-order valence-electron chi connectivity index (χ3n) is 2.01. The molecule has 0 unspecified atom stereocenters. The molecule has 0 aliphatic heterocycles. The monoisotopic (exact) mass is 207 g/mol. The Morgan fingerprint density at radius 2 is 2.21 bits per heavy atom. The van der Waals surface area contributed by atoms with Gasteiger partial charge in [-0.1, -0.05) is 0 Å². The lowest BCUT2D eigenvalue weighted by Gasteiger charge is -2.00. The summed E-state index contributed by atoms with van der Waals surface area (Å²) in [5.41, 5.74) is 4.17. The molecule has 0 aliphatic rings. The molecule has 2 heterocycles. The van der Waals surface area contributed by atoms with E-state index in [2.05, 4.69) is 15.0 Å². The molecule has 14 heavy (non-hydrogen) atoms. The first-order chi connectivity index (χ1) is 6.68. The average molecular weight is 207 g/mol. The van der Waals surface area contributed by atoms with Crippen molar-refractivity contribution < 1.29 is 0 Å². The van der Waals surface area contributed by atoms with Crippen LogP contribution in [0, 0.1) is 13.8 Å². The topological polar surface area (TPSA) is 58.6 Å². The van der Waals surface area contributed by atoms with Crippen molar-refractivity contribution in [1.29, 1.82) is 0 Å². The zero-order valence-corrected chi connectivity index (χ0v) is 8.68. The van der Waals surface area contributed by atoms with Gasteiger partial charge in [-0.25, -0.2) is 9.97 Å². The minimum Gasteiger partial charge on any atom is -0.323 e. The lowest BCUT2D eigenvalue weighted by Crippen LogP contribution is -2.14. The molecule has 2 aromatic heterocycles. The number of nitrogens with zero attached hydrogens (tertiary/aromatic N) is 2. The summed E-state index contributed by atoms with van der Waals surface area (Å²) in [6, 6.07) is 0. The van der Waals surface area contributed by atoms with Crippen molar-refractivity contribution in [2.75, 3.05) is 0 Å². The second-order valence-corrected chi connectivity index (χ2v) is 3.72. The Bertz CT molecular complexity index is 501. The molecular formula is C9H9N3OS. The molecule has 5 heteroatoms. The third kappa shape index (κ3) is 1.46. The summed E-state index contributed by atoms with van der Waals surface area (Å²) < 4.78 is 0. The van der Waals surface area contributed by atoms with Gasteiger partial charge in [0.05, 0.1) is 11.2 Å². The zero-order valence-electron chi connectivity index (χ0n) is 7.87. The second kappa shape index (κ2) is 3.34. The molecule has 1 N–H and O–H groups in total. The molecule has 4 nitrogen and oxygen atoms in total. The van der Waals surface area contributed by atoms with Crippen molar-refractivity contribution in [1.82, 2.24) is 15.0 Å². The standard InChI is InChI=1S/C9H9N3OS/c1-5-6(2)12-9(13)8(11-5)7-3-14-4-10-7/h3-4H,1-2H3,(H,12,13). The number of H-pyrrole nitrogens is 1. The van der Waals surface area contributed by atoms with E-state index in [0.717, 1.165) is 11.4 Å². The summed E-state index contributed by atoms with van der Waals surface area (Å²) in [6.45, 7) is 3.69. The number of hydrogen-bond donors (Lipinski definition) is 1. The van der Waals surface area contributed by atoms with Crippen LogP contribution in [0.1, 0.15) is 11.4 Å². The van der Waals surface area contributed by atoms with Gasteiger partial charge in [-0.3, -0.25) is 4.79 Å². The van der Waals surface area contributed by atoms with Gasteiger partial charge in [-0.15, -0.1) is 11.3 Å². The Balaban J connectivity index is 2.66. The maximum Gasteiger partial charge on any atom is 0.276 e. The number of aryl methyl sites for hydroxylation is 2. The van der Waals surface area contributed by atoms with Gasteiger partial charge in [-0.05, 0) is 13.8 Å². The zero-order chi connectivity index (χ0) is 10.1. The van der Waals surface area contributed by atoms with Crippen LogP contribution in [0.2, 0.25) is 0 Å².